The van der Waals surface area contributed by atoms with Crippen LogP contribution in [0.3, 0.4) is 0 Å². The van der Waals surface area contributed by atoms with Crippen molar-refractivity contribution in [2.45, 2.75) is 33.3 Å². The first-order chi connectivity index (χ1) is 12.2. The molecule has 0 N–H and O–H groups in total. The number of hydrogen-bond donors (Lipinski definition) is 0. The van der Waals surface area contributed by atoms with Crippen LogP contribution in [-0.4, -0.2) is 16.6 Å². The molecule has 0 saturated heterocycles. The van der Waals surface area contributed by atoms with E-state index in [9.17, 15) is 4.79 Å². The van der Waals surface area contributed by atoms with Crippen molar-refractivity contribution in [3.8, 4) is 11.1 Å². The predicted molar refractivity (Wildman–Crippen MR) is 107 cm³/mol. The van der Waals surface area contributed by atoms with Crippen molar-refractivity contribution >= 4 is 40.1 Å². The lowest BCUT2D eigenvalue weighted by atomic mass is 9.94. The molecule has 0 fully saturated rings. The van der Waals surface area contributed by atoms with Crippen LogP contribution in [0, 0.1) is 6.92 Å². The second kappa shape index (κ2) is 6.90. The highest BCUT2D eigenvalue weighted by molar-refractivity contribution is 6.34. The van der Waals surface area contributed by atoms with Crippen molar-refractivity contribution < 1.29 is 9.53 Å². The molecule has 0 aliphatic carbocycles. The molecule has 1 heterocycles. The van der Waals surface area contributed by atoms with Crippen molar-refractivity contribution in [1.82, 2.24) is 4.98 Å². The summed E-state index contributed by atoms with van der Waals surface area (Å²) in [5.41, 5.74) is 2.55. The molecule has 0 radical (unpaired) electrons. The standard InChI is InChI=1S/C21H19Cl2NO2/c1-12-18(20(25)26-21(2,3)4)19(14-7-5-6-8-16(14)23)15-11-13(22)9-10-17(15)24-12/h5-11H,1-4H3. The zero-order valence-electron chi connectivity index (χ0n) is 15.1. The molecule has 26 heavy (non-hydrogen) atoms. The van der Waals surface area contributed by atoms with Gasteiger partial charge in [0.2, 0.25) is 0 Å². The first kappa shape index (κ1) is 18.7. The molecule has 134 valence electrons. The van der Waals surface area contributed by atoms with Crippen LogP contribution in [0.5, 0.6) is 0 Å². The number of halogens is 2. The number of rotatable bonds is 2. The lowest BCUT2D eigenvalue weighted by Gasteiger charge is -2.22. The molecule has 0 unspecified atom stereocenters. The van der Waals surface area contributed by atoms with E-state index in [4.69, 9.17) is 27.9 Å². The SMILES string of the molecule is Cc1nc2ccc(Cl)cc2c(-c2ccccc2Cl)c1C(=O)OC(C)(C)C. The number of aromatic nitrogens is 1. The fourth-order valence-corrected chi connectivity index (χ4v) is 3.28. The molecule has 0 saturated carbocycles. The third-order valence-electron chi connectivity index (χ3n) is 3.87. The fraction of sp³-hybridized carbons (Fsp3) is 0.238. The van der Waals surface area contributed by atoms with Gasteiger partial charge in [0.25, 0.3) is 0 Å². The summed E-state index contributed by atoms with van der Waals surface area (Å²) in [6.07, 6.45) is 0. The second-order valence-corrected chi connectivity index (χ2v) is 7.93. The number of pyridine rings is 1. The van der Waals surface area contributed by atoms with Crippen LogP contribution in [0.4, 0.5) is 0 Å². The highest BCUT2D eigenvalue weighted by Crippen LogP contribution is 2.38. The molecular formula is C21H19Cl2NO2. The lowest BCUT2D eigenvalue weighted by molar-refractivity contribution is 0.00694. The Balaban J connectivity index is 2.40. The maximum absolute atomic E-state index is 13.0. The summed E-state index contributed by atoms with van der Waals surface area (Å²) in [5.74, 6) is -0.431. The van der Waals surface area contributed by atoms with E-state index in [1.165, 1.54) is 0 Å². The van der Waals surface area contributed by atoms with E-state index >= 15 is 0 Å². The van der Waals surface area contributed by atoms with Gasteiger partial charge in [-0.15, -0.1) is 0 Å². The Hall–Kier alpha value is -2.10. The number of aryl methyl sites for hydroxylation is 1. The molecule has 3 rings (SSSR count). The first-order valence-electron chi connectivity index (χ1n) is 8.25. The van der Waals surface area contributed by atoms with Gasteiger partial charge >= 0.3 is 5.97 Å². The van der Waals surface area contributed by atoms with Crippen LogP contribution in [0.1, 0.15) is 36.8 Å². The van der Waals surface area contributed by atoms with Crippen LogP contribution < -0.4 is 0 Å². The number of benzene rings is 2. The molecule has 0 aliphatic rings. The predicted octanol–water partition coefficient (Wildman–Crippen LogP) is 6.47. The minimum absolute atomic E-state index is 0.405. The summed E-state index contributed by atoms with van der Waals surface area (Å²) in [6.45, 7) is 7.30. The Morgan fingerprint density at radius 1 is 1.08 bits per heavy atom. The maximum atomic E-state index is 13.0. The molecule has 1 aromatic heterocycles. The monoisotopic (exact) mass is 387 g/mol. The van der Waals surface area contributed by atoms with Crippen molar-refractivity contribution in [2.75, 3.05) is 0 Å². The molecule has 2 aromatic carbocycles. The topological polar surface area (TPSA) is 39.2 Å². The van der Waals surface area contributed by atoms with Crippen molar-refractivity contribution in [3.63, 3.8) is 0 Å². The van der Waals surface area contributed by atoms with E-state index in [1.807, 2.05) is 45.0 Å². The van der Waals surface area contributed by atoms with Crippen LogP contribution >= 0.6 is 23.2 Å². The van der Waals surface area contributed by atoms with Gasteiger partial charge < -0.3 is 4.74 Å². The largest absolute Gasteiger partial charge is 0.456 e. The maximum Gasteiger partial charge on any atom is 0.341 e. The van der Waals surface area contributed by atoms with Gasteiger partial charge in [0, 0.05) is 26.6 Å². The normalized spacial score (nSPS) is 11.6. The van der Waals surface area contributed by atoms with Crippen LogP contribution in [0.15, 0.2) is 42.5 Å². The summed E-state index contributed by atoms with van der Waals surface area (Å²) in [5, 5.41) is 1.87. The lowest BCUT2D eigenvalue weighted by Crippen LogP contribution is -2.25. The van der Waals surface area contributed by atoms with E-state index in [-0.39, 0.29) is 0 Å². The van der Waals surface area contributed by atoms with Crippen LogP contribution in [-0.2, 0) is 4.74 Å². The zero-order chi connectivity index (χ0) is 19.1. The fourth-order valence-electron chi connectivity index (χ4n) is 2.88. The summed E-state index contributed by atoms with van der Waals surface area (Å²) in [4.78, 5) is 17.6. The minimum Gasteiger partial charge on any atom is -0.456 e. The van der Waals surface area contributed by atoms with E-state index < -0.39 is 11.6 Å². The Bertz CT molecular complexity index is 1010. The van der Waals surface area contributed by atoms with E-state index in [2.05, 4.69) is 4.98 Å². The smallest absolute Gasteiger partial charge is 0.341 e. The van der Waals surface area contributed by atoms with Gasteiger partial charge in [0.05, 0.1) is 16.8 Å². The molecule has 5 heteroatoms. The molecule has 0 spiro atoms. The Morgan fingerprint density at radius 3 is 2.42 bits per heavy atom. The van der Waals surface area contributed by atoms with Gasteiger partial charge in [0.15, 0.2) is 0 Å². The number of carbonyl (C=O) groups excluding carboxylic acids is 1. The average Bonchev–Trinajstić information content (AvgIpc) is 2.53. The van der Waals surface area contributed by atoms with Gasteiger partial charge in [-0.25, -0.2) is 4.79 Å². The van der Waals surface area contributed by atoms with Gasteiger partial charge in [-0.2, -0.15) is 0 Å². The van der Waals surface area contributed by atoms with Gasteiger partial charge in [-0.3, -0.25) is 4.98 Å². The third kappa shape index (κ3) is 3.69. The molecule has 0 atom stereocenters. The number of hydrogen-bond acceptors (Lipinski definition) is 3. The summed E-state index contributed by atoms with van der Waals surface area (Å²) in [6, 6.07) is 12.8. The molecular weight excluding hydrogens is 369 g/mol. The summed E-state index contributed by atoms with van der Waals surface area (Å²) in [7, 11) is 0. The van der Waals surface area contributed by atoms with Crippen molar-refractivity contribution in [2.24, 2.45) is 0 Å². The van der Waals surface area contributed by atoms with Gasteiger partial charge in [-0.1, -0.05) is 41.4 Å². The Morgan fingerprint density at radius 2 is 1.77 bits per heavy atom. The number of carbonyl (C=O) groups is 1. The van der Waals surface area contributed by atoms with Gasteiger partial charge in [-0.05, 0) is 52.0 Å². The third-order valence-corrected chi connectivity index (χ3v) is 4.44. The number of esters is 1. The molecule has 0 amide bonds. The van der Waals surface area contributed by atoms with E-state index in [0.717, 1.165) is 16.5 Å². The van der Waals surface area contributed by atoms with Crippen molar-refractivity contribution in [1.29, 1.82) is 0 Å². The number of fused-ring (bicyclic) bond motifs is 1. The van der Waals surface area contributed by atoms with Crippen LogP contribution in [0.2, 0.25) is 10.0 Å². The summed E-state index contributed by atoms with van der Waals surface area (Å²) < 4.78 is 5.63. The van der Waals surface area contributed by atoms with Gasteiger partial charge in [0.1, 0.15) is 5.60 Å². The quantitative estimate of drug-likeness (QED) is 0.472. The number of nitrogens with zero attached hydrogens (tertiary/aromatic N) is 1. The number of ether oxygens (including phenoxy) is 1. The Labute approximate surface area is 162 Å². The second-order valence-electron chi connectivity index (χ2n) is 7.09. The highest BCUT2D eigenvalue weighted by atomic mass is 35.5. The molecule has 3 nitrogen and oxygen atoms in total. The first-order valence-corrected chi connectivity index (χ1v) is 9.01. The summed E-state index contributed by atoms with van der Waals surface area (Å²) >= 11 is 12.7. The molecule has 3 aromatic rings. The van der Waals surface area contributed by atoms with E-state index in [1.54, 1.807) is 25.1 Å². The highest BCUT2D eigenvalue weighted by Gasteiger charge is 2.26. The van der Waals surface area contributed by atoms with Crippen molar-refractivity contribution in [3.05, 3.63) is 63.8 Å². The zero-order valence-corrected chi connectivity index (χ0v) is 16.6. The van der Waals surface area contributed by atoms with Crippen LogP contribution in [0.25, 0.3) is 22.0 Å². The Kier molecular flexibility index (Phi) is 4.96. The molecule has 0 aliphatic heterocycles. The van der Waals surface area contributed by atoms with E-state index in [0.29, 0.717) is 26.9 Å². The average molecular weight is 388 g/mol. The molecule has 0 bridgehead atoms. The minimum atomic E-state index is -0.620.